The van der Waals surface area contributed by atoms with Crippen molar-refractivity contribution < 1.29 is 14.3 Å². The molecular formula is C16H20N4O4. The smallest absolute Gasteiger partial charge is 0.318 e. The minimum atomic E-state index is -0.169. The Hall–Kier alpha value is -2.90. The number of benzene rings is 1. The zero-order valence-electron chi connectivity index (χ0n) is 13.6. The molecule has 0 radical (unpaired) electrons. The fraction of sp³-hybridized carbons (Fsp3) is 0.375. The average molecular weight is 332 g/mol. The third-order valence-electron chi connectivity index (χ3n) is 4.12. The van der Waals surface area contributed by atoms with E-state index in [2.05, 4.69) is 15.5 Å². The molecule has 0 saturated heterocycles. The normalized spacial score (nSPS) is 13.3. The molecule has 0 fully saturated rings. The summed E-state index contributed by atoms with van der Waals surface area (Å²) in [6, 6.07) is 5.34. The molecule has 1 aromatic carbocycles. The van der Waals surface area contributed by atoms with E-state index in [0.29, 0.717) is 37.6 Å². The summed E-state index contributed by atoms with van der Waals surface area (Å²) in [6.07, 6.45) is 0.554. The largest absolute Gasteiger partial charge is 0.493 e. The van der Waals surface area contributed by atoms with Crippen LogP contribution in [0.4, 0.5) is 4.79 Å². The van der Waals surface area contributed by atoms with Crippen LogP contribution in [-0.4, -0.2) is 41.9 Å². The zero-order chi connectivity index (χ0) is 17.1. The number of nitrogens with zero attached hydrogens (tertiary/aromatic N) is 1. The summed E-state index contributed by atoms with van der Waals surface area (Å²) in [7, 11) is 3.15. The van der Waals surface area contributed by atoms with Gasteiger partial charge in [0.25, 0.3) is 5.56 Å². The SMILES string of the molecule is COc1ccc(CNC(=O)N2CCc3c([nH][nH]c3=O)C2)cc1OC. The summed E-state index contributed by atoms with van der Waals surface area (Å²) in [5, 5.41) is 8.26. The molecule has 128 valence electrons. The third kappa shape index (κ3) is 3.08. The molecule has 2 amide bonds. The van der Waals surface area contributed by atoms with Crippen molar-refractivity contribution in [3.05, 3.63) is 45.4 Å². The summed E-state index contributed by atoms with van der Waals surface area (Å²) in [6.45, 7) is 1.30. The van der Waals surface area contributed by atoms with E-state index in [1.54, 1.807) is 25.2 Å². The van der Waals surface area contributed by atoms with Crippen molar-refractivity contribution in [3.8, 4) is 11.5 Å². The second-order valence-electron chi connectivity index (χ2n) is 5.56. The second-order valence-corrected chi connectivity index (χ2v) is 5.56. The molecule has 0 saturated carbocycles. The van der Waals surface area contributed by atoms with Crippen LogP contribution < -0.4 is 20.3 Å². The molecule has 2 heterocycles. The van der Waals surface area contributed by atoms with Gasteiger partial charge in [0.2, 0.25) is 0 Å². The number of hydrogen-bond donors (Lipinski definition) is 3. The summed E-state index contributed by atoms with van der Waals surface area (Å²) >= 11 is 0. The average Bonchev–Trinajstić information content (AvgIpc) is 2.99. The number of aromatic nitrogens is 2. The number of aromatic amines is 2. The number of ether oxygens (including phenoxy) is 2. The van der Waals surface area contributed by atoms with Gasteiger partial charge in [-0.2, -0.15) is 0 Å². The molecule has 0 spiro atoms. The van der Waals surface area contributed by atoms with Crippen LogP contribution in [0.1, 0.15) is 16.8 Å². The fourth-order valence-corrected chi connectivity index (χ4v) is 2.79. The molecule has 8 nitrogen and oxygen atoms in total. The van der Waals surface area contributed by atoms with Gasteiger partial charge >= 0.3 is 6.03 Å². The highest BCUT2D eigenvalue weighted by atomic mass is 16.5. The minimum Gasteiger partial charge on any atom is -0.493 e. The number of carbonyl (C=O) groups excluding carboxylic acids is 1. The van der Waals surface area contributed by atoms with E-state index < -0.39 is 0 Å². The Morgan fingerprint density at radius 2 is 2.04 bits per heavy atom. The Kier molecular flexibility index (Phi) is 4.45. The van der Waals surface area contributed by atoms with Crippen LogP contribution in [0.2, 0.25) is 0 Å². The van der Waals surface area contributed by atoms with Crippen LogP contribution in [0.15, 0.2) is 23.0 Å². The molecular weight excluding hydrogens is 312 g/mol. The number of nitrogens with one attached hydrogen (secondary N) is 3. The van der Waals surface area contributed by atoms with Crippen molar-refractivity contribution in [1.29, 1.82) is 0 Å². The molecule has 1 aliphatic rings. The predicted molar refractivity (Wildman–Crippen MR) is 87.3 cm³/mol. The van der Waals surface area contributed by atoms with Gasteiger partial charge in [0.1, 0.15) is 0 Å². The lowest BCUT2D eigenvalue weighted by Crippen LogP contribution is -2.43. The van der Waals surface area contributed by atoms with Gasteiger partial charge in [0.15, 0.2) is 11.5 Å². The number of hydrogen-bond acceptors (Lipinski definition) is 4. The van der Waals surface area contributed by atoms with Gasteiger partial charge in [0.05, 0.1) is 26.5 Å². The predicted octanol–water partition coefficient (Wildman–Crippen LogP) is 0.988. The summed E-state index contributed by atoms with van der Waals surface area (Å²) in [4.78, 5) is 25.5. The van der Waals surface area contributed by atoms with Gasteiger partial charge in [-0.1, -0.05) is 6.07 Å². The molecule has 0 bridgehead atoms. The maximum atomic E-state index is 12.3. The first kappa shape index (κ1) is 16.0. The van der Waals surface area contributed by atoms with Gasteiger partial charge in [-0.15, -0.1) is 0 Å². The molecule has 2 aromatic rings. The number of urea groups is 1. The van der Waals surface area contributed by atoms with Crippen molar-refractivity contribution >= 4 is 6.03 Å². The second kappa shape index (κ2) is 6.69. The number of carbonyl (C=O) groups is 1. The van der Waals surface area contributed by atoms with Gasteiger partial charge in [-0.05, 0) is 24.1 Å². The molecule has 24 heavy (non-hydrogen) atoms. The minimum absolute atomic E-state index is 0.101. The summed E-state index contributed by atoms with van der Waals surface area (Å²) in [5.41, 5.74) is 2.32. The van der Waals surface area contributed by atoms with E-state index in [1.165, 1.54) is 0 Å². The Balaban J connectivity index is 1.61. The highest BCUT2D eigenvalue weighted by Crippen LogP contribution is 2.27. The van der Waals surface area contributed by atoms with Crippen molar-refractivity contribution in [2.75, 3.05) is 20.8 Å². The molecule has 1 aliphatic heterocycles. The number of fused-ring (bicyclic) bond motifs is 1. The van der Waals surface area contributed by atoms with Crippen LogP contribution in [0.25, 0.3) is 0 Å². The molecule has 0 unspecified atom stereocenters. The Morgan fingerprint density at radius 1 is 1.25 bits per heavy atom. The number of H-pyrrole nitrogens is 2. The van der Waals surface area contributed by atoms with E-state index in [0.717, 1.165) is 16.8 Å². The molecule has 1 aromatic heterocycles. The lowest BCUT2D eigenvalue weighted by molar-refractivity contribution is 0.191. The van der Waals surface area contributed by atoms with Gasteiger partial charge in [0, 0.05) is 18.7 Å². The topological polar surface area (TPSA) is 99.5 Å². The molecule has 3 N–H and O–H groups in total. The van der Waals surface area contributed by atoms with Crippen LogP contribution in [0.5, 0.6) is 11.5 Å². The molecule has 0 atom stereocenters. The van der Waals surface area contributed by atoms with Crippen molar-refractivity contribution in [2.24, 2.45) is 0 Å². The first-order chi connectivity index (χ1) is 11.6. The van der Waals surface area contributed by atoms with Gasteiger partial charge in [-0.3, -0.25) is 9.89 Å². The maximum Gasteiger partial charge on any atom is 0.318 e. The van der Waals surface area contributed by atoms with Crippen LogP contribution in [0.3, 0.4) is 0 Å². The quantitative estimate of drug-likeness (QED) is 0.777. The first-order valence-corrected chi connectivity index (χ1v) is 7.64. The number of amides is 2. The molecule has 8 heteroatoms. The van der Waals surface area contributed by atoms with Gasteiger partial charge in [-0.25, -0.2) is 4.79 Å². The lowest BCUT2D eigenvalue weighted by atomic mass is 10.1. The highest BCUT2D eigenvalue weighted by molar-refractivity contribution is 5.74. The summed E-state index contributed by atoms with van der Waals surface area (Å²) < 4.78 is 10.5. The van der Waals surface area contributed by atoms with E-state index in [4.69, 9.17) is 9.47 Å². The van der Waals surface area contributed by atoms with Crippen molar-refractivity contribution in [3.63, 3.8) is 0 Å². The van der Waals surface area contributed by atoms with E-state index in [9.17, 15) is 9.59 Å². The van der Waals surface area contributed by atoms with E-state index >= 15 is 0 Å². The van der Waals surface area contributed by atoms with Gasteiger partial charge < -0.3 is 24.8 Å². The maximum absolute atomic E-state index is 12.3. The Morgan fingerprint density at radius 3 is 2.79 bits per heavy atom. The van der Waals surface area contributed by atoms with Crippen LogP contribution in [0, 0.1) is 0 Å². The Labute approximate surface area is 138 Å². The number of rotatable bonds is 4. The highest BCUT2D eigenvalue weighted by Gasteiger charge is 2.23. The number of methoxy groups -OCH3 is 2. The van der Waals surface area contributed by atoms with Crippen molar-refractivity contribution in [1.82, 2.24) is 20.4 Å². The standard InChI is InChI=1S/C16H20N4O4/c1-23-13-4-3-10(7-14(13)24-2)8-17-16(22)20-6-5-11-12(9-20)18-19-15(11)21/h3-4,7H,5-6,8-9H2,1-2H3,(H,17,22)(H2,18,19,21). The fourth-order valence-electron chi connectivity index (χ4n) is 2.79. The third-order valence-corrected chi connectivity index (χ3v) is 4.12. The first-order valence-electron chi connectivity index (χ1n) is 7.64. The Bertz CT molecular complexity index is 796. The van der Waals surface area contributed by atoms with Crippen molar-refractivity contribution in [2.45, 2.75) is 19.5 Å². The van der Waals surface area contributed by atoms with E-state index in [-0.39, 0.29) is 11.6 Å². The lowest BCUT2D eigenvalue weighted by Gasteiger charge is -2.26. The summed E-state index contributed by atoms with van der Waals surface area (Å²) in [5.74, 6) is 1.27. The zero-order valence-corrected chi connectivity index (χ0v) is 13.6. The molecule has 3 rings (SSSR count). The van der Waals surface area contributed by atoms with Crippen LogP contribution >= 0.6 is 0 Å². The van der Waals surface area contributed by atoms with Crippen LogP contribution in [-0.2, 0) is 19.5 Å². The van der Waals surface area contributed by atoms with E-state index in [1.807, 2.05) is 12.1 Å². The molecule has 0 aliphatic carbocycles. The monoisotopic (exact) mass is 332 g/mol.